The van der Waals surface area contributed by atoms with E-state index in [9.17, 15) is 32.8 Å². The molecule has 1 fully saturated rings. The molecule has 52 heavy (non-hydrogen) atoms. The molecule has 3 aromatic carbocycles. The van der Waals surface area contributed by atoms with Crippen molar-refractivity contribution in [1.82, 2.24) is 14.6 Å². The lowest BCUT2D eigenvalue weighted by Gasteiger charge is -2.28. The number of hydrogen-bond donors (Lipinski definition) is 1. The van der Waals surface area contributed by atoms with Gasteiger partial charge in [-0.15, -0.1) is 0 Å². The van der Waals surface area contributed by atoms with E-state index in [4.69, 9.17) is 18.9 Å². The quantitative estimate of drug-likeness (QED) is 0.145. The van der Waals surface area contributed by atoms with Crippen molar-refractivity contribution in [1.29, 1.82) is 5.26 Å². The molecule has 5 aromatic rings. The van der Waals surface area contributed by atoms with Crippen LogP contribution in [-0.4, -0.2) is 64.5 Å². The van der Waals surface area contributed by atoms with Crippen LogP contribution in [0.5, 0.6) is 0 Å². The summed E-state index contributed by atoms with van der Waals surface area (Å²) in [5.41, 5.74) is -1.85. The van der Waals surface area contributed by atoms with Crippen LogP contribution in [0.2, 0.25) is 0 Å². The Balaban J connectivity index is 1.39. The van der Waals surface area contributed by atoms with Crippen molar-refractivity contribution in [2.75, 3.05) is 19.0 Å². The van der Waals surface area contributed by atoms with Gasteiger partial charge in [-0.2, -0.15) is 10.4 Å². The van der Waals surface area contributed by atoms with Crippen LogP contribution >= 0.6 is 0 Å². The van der Waals surface area contributed by atoms with Crippen LogP contribution in [0.4, 0.5) is 19.0 Å². The second-order valence-electron chi connectivity index (χ2n) is 11.7. The number of aromatic nitrogens is 3. The Morgan fingerprint density at radius 3 is 1.90 bits per heavy atom. The van der Waals surface area contributed by atoms with E-state index >= 15 is 0 Å². The van der Waals surface area contributed by atoms with Crippen molar-refractivity contribution < 1.29 is 46.5 Å². The highest BCUT2D eigenvalue weighted by molar-refractivity contribution is 5.75. The Bertz CT molecular complexity index is 2170. The summed E-state index contributed by atoms with van der Waals surface area (Å²) >= 11 is 0. The zero-order valence-electron chi connectivity index (χ0n) is 27.5. The number of hydrogen-bond acceptors (Lipinski definition) is 11. The Labute approximate surface area is 294 Å². The van der Waals surface area contributed by atoms with Gasteiger partial charge in [0.2, 0.25) is 5.60 Å². The first kappa shape index (κ1) is 35.6. The number of carbonyl (C=O) groups is 3. The van der Waals surface area contributed by atoms with Crippen molar-refractivity contribution in [2.45, 2.75) is 43.2 Å². The van der Waals surface area contributed by atoms with E-state index in [2.05, 4.69) is 21.5 Å². The lowest BCUT2D eigenvalue weighted by Crippen LogP contribution is -2.46. The zero-order valence-corrected chi connectivity index (χ0v) is 27.5. The Kier molecular flexibility index (Phi) is 10.5. The number of rotatable bonds is 12. The van der Waals surface area contributed by atoms with E-state index in [0.717, 1.165) is 12.1 Å². The van der Waals surface area contributed by atoms with Gasteiger partial charge in [0.05, 0.1) is 25.0 Å². The zero-order chi connectivity index (χ0) is 36.8. The van der Waals surface area contributed by atoms with Crippen molar-refractivity contribution in [3.63, 3.8) is 0 Å². The SMILES string of the molecule is CNc1ncnn2c([C@]3(C#N)O[C@H](COC(=O)Cc4ccccc4F)C(OC(=O)Cc4ccccc4F)C3OC(=O)Cc3ccccc3F)ccc12. The standard InChI is InChI=1S/C37H30F3N5O7/c1-42-36-28-14-15-30(45(28)44-21-43-36)37(20-41)35(51-33(48)18-24-10-4-7-13-27(24)40)34(50-32(47)17-23-9-3-6-12-26(23)39)29(52-37)19-49-31(46)16-22-8-2-5-11-25(22)38/h2-15,21,29,34-35H,16-19H2,1H3,(H,42,43,44)/t29-,34?,35?,37+/m1/s1. The summed E-state index contributed by atoms with van der Waals surface area (Å²) in [5, 5.41) is 18.1. The number of halogens is 3. The fraction of sp³-hybridized carbons (Fsp3) is 0.243. The van der Waals surface area contributed by atoms with Crippen LogP contribution in [0.15, 0.2) is 91.3 Å². The molecular formula is C37H30F3N5O7. The highest BCUT2D eigenvalue weighted by Gasteiger charge is 2.62. The predicted octanol–water partition coefficient (Wildman–Crippen LogP) is 4.40. The minimum Gasteiger partial charge on any atom is -0.463 e. The first-order valence-corrected chi connectivity index (χ1v) is 16.0. The Morgan fingerprint density at radius 2 is 1.37 bits per heavy atom. The van der Waals surface area contributed by atoms with Crippen LogP contribution < -0.4 is 5.32 Å². The van der Waals surface area contributed by atoms with Crippen LogP contribution in [0.3, 0.4) is 0 Å². The number of nitrogens with one attached hydrogen (secondary N) is 1. The van der Waals surface area contributed by atoms with Crippen molar-refractivity contribution in [3.05, 3.63) is 131 Å². The molecule has 3 heterocycles. The van der Waals surface area contributed by atoms with Gasteiger partial charge in [-0.05, 0) is 47.0 Å². The summed E-state index contributed by atoms with van der Waals surface area (Å²) in [6.07, 6.45) is -5.31. The molecule has 0 radical (unpaired) electrons. The molecule has 1 N–H and O–H groups in total. The number of anilines is 1. The fourth-order valence-corrected chi connectivity index (χ4v) is 5.97. The average molecular weight is 714 g/mol. The average Bonchev–Trinajstić information content (AvgIpc) is 3.70. The van der Waals surface area contributed by atoms with E-state index < -0.39 is 85.1 Å². The van der Waals surface area contributed by atoms with Crippen LogP contribution in [0, 0.1) is 28.8 Å². The lowest BCUT2D eigenvalue weighted by atomic mass is 9.92. The number of carbonyl (C=O) groups excluding carboxylic acids is 3. The molecule has 2 unspecified atom stereocenters. The maximum Gasteiger partial charge on any atom is 0.310 e. The Hall–Kier alpha value is -6.27. The largest absolute Gasteiger partial charge is 0.463 e. The van der Waals surface area contributed by atoms with E-state index in [1.54, 1.807) is 19.2 Å². The highest BCUT2D eigenvalue weighted by Crippen LogP contribution is 2.44. The summed E-state index contributed by atoms with van der Waals surface area (Å²) in [4.78, 5) is 44.0. The summed E-state index contributed by atoms with van der Waals surface area (Å²) < 4.78 is 68.2. The molecule has 266 valence electrons. The van der Waals surface area contributed by atoms with Crippen LogP contribution in [0.25, 0.3) is 5.52 Å². The molecule has 12 nitrogen and oxygen atoms in total. The highest BCUT2D eigenvalue weighted by atomic mass is 19.1. The molecule has 0 amide bonds. The first-order chi connectivity index (χ1) is 25.1. The minimum absolute atomic E-state index is 0.00666. The van der Waals surface area contributed by atoms with E-state index in [1.807, 2.05) is 0 Å². The van der Waals surface area contributed by atoms with Gasteiger partial charge in [0.15, 0.2) is 18.0 Å². The van der Waals surface area contributed by atoms with E-state index in [1.165, 1.54) is 71.5 Å². The first-order valence-electron chi connectivity index (χ1n) is 16.0. The molecule has 4 atom stereocenters. The number of esters is 3. The monoisotopic (exact) mass is 713 g/mol. The number of nitrogens with zero attached hydrogens (tertiary/aromatic N) is 4. The summed E-state index contributed by atoms with van der Waals surface area (Å²) in [6.45, 7) is -0.657. The normalized spacial score (nSPS) is 19.5. The number of ether oxygens (including phenoxy) is 4. The topological polar surface area (TPSA) is 154 Å². The maximum atomic E-state index is 14.6. The molecule has 6 rings (SSSR count). The molecule has 15 heteroatoms. The smallest absolute Gasteiger partial charge is 0.310 e. The number of benzene rings is 3. The van der Waals surface area contributed by atoms with Gasteiger partial charge >= 0.3 is 17.9 Å². The van der Waals surface area contributed by atoms with Crippen molar-refractivity contribution >= 4 is 29.2 Å². The van der Waals surface area contributed by atoms with Crippen molar-refractivity contribution in [3.8, 4) is 6.07 Å². The number of nitriles is 1. The third kappa shape index (κ3) is 7.28. The molecule has 1 saturated heterocycles. The minimum atomic E-state index is -2.29. The second-order valence-corrected chi connectivity index (χ2v) is 11.7. The molecule has 2 aromatic heterocycles. The Morgan fingerprint density at radius 1 is 0.827 bits per heavy atom. The fourth-order valence-electron chi connectivity index (χ4n) is 5.97. The molecule has 0 spiro atoms. The molecule has 0 aliphatic carbocycles. The third-order valence-electron chi connectivity index (χ3n) is 8.45. The van der Waals surface area contributed by atoms with Gasteiger partial charge in [0.1, 0.15) is 48.1 Å². The molecule has 1 aliphatic heterocycles. The summed E-state index contributed by atoms with van der Waals surface area (Å²) in [5.74, 6) is -4.53. The predicted molar refractivity (Wildman–Crippen MR) is 176 cm³/mol. The van der Waals surface area contributed by atoms with Gasteiger partial charge in [-0.1, -0.05) is 54.6 Å². The summed E-state index contributed by atoms with van der Waals surface area (Å²) in [6, 6.07) is 21.7. The lowest BCUT2D eigenvalue weighted by molar-refractivity contribution is -0.169. The summed E-state index contributed by atoms with van der Waals surface area (Å²) in [7, 11) is 1.62. The maximum absolute atomic E-state index is 14.6. The van der Waals surface area contributed by atoms with Gasteiger partial charge in [0, 0.05) is 7.05 Å². The second kappa shape index (κ2) is 15.3. The molecule has 1 aliphatic rings. The van der Waals surface area contributed by atoms with Crippen LogP contribution in [0.1, 0.15) is 22.4 Å². The van der Waals surface area contributed by atoms with Gasteiger partial charge in [0.25, 0.3) is 0 Å². The van der Waals surface area contributed by atoms with Crippen LogP contribution in [-0.2, 0) is 58.2 Å². The van der Waals surface area contributed by atoms with Gasteiger partial charge in [-0.25, -0.2) is 22.7 Å². The van der Waals surface area contributed by atoms with Crippen molar-refractivity contribution in [2.24, 2.45) is 0 Å². The molecule has 0 bridgehead atoms. The molecular weight excluding hydrogens is 683 g/mol. The van der Waals surface area contributed by atoms with E-state index in [-0.39, 0.29) is 22.4 Å². The van der Waals surface area contributed by atoms with E-state index in [0.29, 0.717) is 11.3 Å². The molecule has 0 saturated carbocycles. The third-order valence-corrected chi connectivity index (χ3v) is 8.45. The number of fused-ring (bicyclic) bond motifs is 1. The van der Waals surface area contributed by atoms with Gasteiger partial charge in [-0.3, -0.25) is 14.4 Å². The van der Waals surface area contributed by atoms with Gasteiger partial charge < -0.3 is 24.3 Å².